The van der Waals surface area contributed by atoms with Gasteiger partial charge in [-0.1, -0.05) is 18.2 Å². The van der Waals surface area contributed by atoms with Gasteiger partial charge in [-0.15, -0.1) is 11.8 Å². The van der Waals surface area contributed by atoms with E-state index in [4.69, 9.17) is 9.47 Å². The first-order valence-corrected chi connectivity index (χ1v) is 7.33. The Hall–Kier alpha value is -1.61. The van der Waals surface area contributed by atoms with Gasteiger partial charge in [0.25, 0.3) is 0 Å². The molecule has 2 aromatic carbocycles. The largest absolute Gasteiger partial charge is 0.497 e. The van der Waals surface area contributed by atoms with Crippen molar-refractivity contribution < 1.29 is 9.47 Å². The van der Waals surface area contributed by atoms with Crippen LogP contribution < -0.4 is 9.47 Å². The summed E-state index contributed by atoms with van der Waals surface area (Å²) in [6, 6.07) is 14.5. The number of ether oxygens (including phenoxy) is 2. The molecule has 0 saturated carbocycles. The molecule has 2 rings (SSSR count). The minimum atomic E-state index is 0.818. The van der Waals surface area contributed by atoms with Crippen molar-refractivity contribution in [2.75, 3.05) is 20.5 Å². The highest BCUT2D eigenvalue weighted by atomic mass is 32.2. The van der Waals surface area contributed by atoms with E-state index in [9.17, 15) is 0 Å². The second-order valence-electron chi connectivity index (χ2n) is 4.21. The Kier molecular flexibility index (Phi) is 4.74. The molecule has 0 aromatic heterocycles. The van der Waals surface area contributed by atoms with Crippen LogP contribution in [0.15, 0.2) is 47.4 Å². The Labute approximate surface area is 118 Å². The number of thioether (sulfide) groups is 1. The molecule has 0 bridgehead atoms. The van der Waals surface area contributed by atoms with Gasteiger partial charge in [-0.3, -0.25) is 0 Å². The second kappa shape index (κ2) is 6.53. The molecule has 0 fully saturated rings. The highest BCUT2D eigenvalue weighted by Crippen LogP contribution is 2.27. The lowest BCUT2D eigenvalue weighted by molar-refractivity contribution is 0.391. The van der Waals surface area contributed by atoms with E-state index in [1.165, 1.54) is 16.0 Å². The third kappa shape index (κ3) is 3.44. The standard InChI is InChI=1S/C16H18O2S/c1-17-14-8-7-13(16(11-14)18-2)9-12-5-4-6-15(10-12)19-3/h4-8,10-11H,9H2,1-3H3. The lowest BCUT2D eigenvalue weighted by Crippen LogP contribution is -1.95. The topological polar surface area (TPSA) is 18.5 Å². The first-order chi connectivity index (χ1) is 9.26. The molecule has 0 aliphatic heterocycles. The van der Waals surface area contributed by atoms with E-state index in [0.29, 0.717) is 0 Å². The van der Waals surface area contributed by atoms with Crippen molar-refractivity contribution in [3.8, 4) is 11.5 Å². The molecule has 2 nitrogen and oxygen atoms in total. The normalized spacial score (nSPS) is 10.3. The number of hydrogen-bond donors (Lipinski definition) is 0. The SMILES string of the molecule is COc1ccc(Cc2cccc(SC)c2)c(OC)c1. The van der Waals surface area contributed by atoms with E-state index >= 15 is 0 Å². The molecular formula is C16H18O2S. The lowest BCUT2D eigenvalue weighted by Gasteiger charge is -2.11. The van der Waals surface area contributed by atoms with Crippen LogP contribution in [-0.2, 0) is 6.42 Å². The number of rotatable bonds is 5. The zero-order valence-electron chi connectivity index (χ0n) is 11.5. The molecule has 0 radical (unpaired) electrons. The summed E-state index contributed by atoms with van der Waals surface area (Å²) in [6.45, 7) is 0. The van der Waals surface area contributed by atoms with Crippen LogP contribution in [0.3, 0.4) is 0 Å². The lowest BCUT2D eigenvalue weighted by atomic mass is 10.0. The molecule has 0 spiro atoms. The summed E-state index contributed by atoms with van der Waals surface area (Å²) in [5.41, 5.74) is 2.46. The van der Waals surface area contributed by atoms with Gasteiger partial charge in [0.05, 0.1) is 14.2 Å². The Balaban J connectivity index is 2.26. The molecule has 0 saturated heterocycles. The summed E-state index contributed by atoms with van der Waals surface area (Å²) >= 11 is 1.76. The van der Waals surface area contributed by atoms with Gasteiger partial charge in [-0.25, -0.2) is 0 Å². The van der Waals surface area contributed by atoms with E-state index < -0.39 is 0 Å². The van der Waals surface area contributed by atoms with Crippen molar-refractivity contribution in [2.45, 2.75) is 11.3 Å². The van der Waals surface area contributed by atoms with E-state index in [1.54, 1.807) is 26.0 Å². The van der Waals surface area contributed by atoms with Crippen molar-refractivity contribution >= 4 is 11.8 Å². The summed E-state index contributed by atoms with van der Waals surface area (Å²) < 4.78 is 10.6. The first-order valence-electron chi connectivity index (χ1n) is 6.10. The third-order valence-corrected chi connectivity index (χ3v) is 3.75. The Morgan fingerprint density at radius 2 is 1.84 bits per heavy atom. The van der Waals surface area contributed by atoms with Crippen molar-refractivity contribution in [3.63, 3.8) is 0 Å². The minimum Gasteiger partial charge on any atom is -0.497 e. The van der Waals surface area contributed by atoms with Crippen molar-refractivity contribution in [1.29, 1.82) is 0 Å². The highest BCUT2D eigenvalue weighted by molar-refractivity contribution is 7.98. The van der Waals surface area contributed by atoms with Crippen molar-refractivity contribution in [3.05, 3.63) is 53.6 Å². The van der Waals surface area contributed by atoms with Gasteiger partial charge < -0.3 is 9.47 Å². The van der Waals surface area contributed by atoms with Gasteiger partial charge in [0.2, 0.25) is 0 Å². The zero-order chi connectivity index (χ0) is 13.7. The maximum atomic E-state index is 5.43. The summed E-state index contributed by atoms with van der Waals surface area (Å²) in [7, 11) is 3.35. The predicted octanol–water partition coefficient (Wildman–Crippen LogP) is 4.02. The first kappa shape index (κ1) is 13.8. The van der Waals surface area contributed by atoms with Gasteiger partial charge in [-0.05, 0) is 35.6 Å². The van der Waals surface area contributed by atoms with Crippen LogP contribution in [0.1, 0.15) is 11.1 Å². The quantitative estimate of drug-likeness (QED) is 0.767. The fraction of sp³-hybridized carbons (Fsp3) is 0.250. The minimum absolute atomic E-state index is 0.818. The maximum Gasteiger partial charge on any atom is 0.126 e. The summed E-state index contributed by atoms with van der Waals surface area (Å²) in [5, 5.41) is 0. The van der Waals surface area contributed by atoms with Gasteiger partial charge in [0.15, 0.2) is 0 Å². The van der Waals surface area contributed by atoms with E-state index in [-0.39, 0.29) is 0 Å². The van der Waals surface area contributed by atoms with Crippen LogP contribution in [0, 0.1) is 0 Å². The summed E-state index contributed by atoms with van der Waals surface area (Å²) in [4.78, 5) is 1.28. The zero-order valence-corrected chi connectivity index (χ0v) is 12.3. The Morgan fingerprint density at radius 3 is 2.53 bits per heavy atom. The molecule has 0 aliphatic rings. The van der Waals surface area contributed by atoms with Crippen LogP contribution in [-0.4, -0.2) is 20.5 Å². The molecule has 100 valence electrons. The number of benzene rings is 2. The average Bonchev–Trinajstić information content (AvgIpc) is 2.48. The highest BCUT2D eigenvalue weighted by Gasteiger charge is 2.06. The van der Waals surface area contributed by atoms with E-state index in [0.717, 1.165) is 17.9 Å². The molecular weight excluding hydrogens is 256 g/mol. The van der Waals surface area contributed by atoms with Crippen molar-refractivity contribution in [1.82, 2.24) is 0 Å². The molecule has 0 unspecified atom stereocenters. The smallest absolute Gasteiger partial charge is 0.126 e. The number of methoxy groups -OCH3 is 2. The molecule has 0 heterocycles. The van der Waals surface area contributed by atoms with Crippen LogP contribution in [0.2, 0.25) is 0 Å². The van der Waals surface area contributed by atoms with Gasteiger partial charge in [0, 0.05) is 17.4 Å². The molecule has 0 atom stereocenters. The van der Waals surface area contributed by atoms with E-state index in [1.807, 2.05) is 12.1 Å². The predicted molar refractivity (Wildman–Crippen MR) is 80.6 cm³/mol. The van der Waals surface area contributed by atoms with Crippen LogP contribution in [0.5, 0.6) is 11.5 Å². The summed E-state index contributed by atoms with van der Waals surface area (Å²) in [5.74, 6) is 1.69. The molecule has 3 heteroatoms. The molecule has 2 aromatic rings. The fourth-order valence-electron chi connectivity index (χ4n) is 2.00. The van der Waals surface area contributed by atoms with Crippen LogP contribution in [0.25, 0.3) is 0 Å². The van der Waals surface area contributed by atoms with Gasteiger partial charge >= 0.3 is 0 Å². The Morgan fingerprint density at radius 1 is 1.00 bits per heavy atom. The molecule has 0 N–H and O–H groups in total. The average molecular weight is 274 g/mol. The van der Waals surface area contributed by atoms with Gasteiger partial charge in [0.1, 0.15) is 11.5 Å². The molecule has 19 heavy (non-hydrogen) atoms. The maximum absolute atomic E-state index is 5.43. The number of hydrogen-bond acceptors (Lipinski definition) is 3. The summed E-state index contributed by atoms with van der Waals surface area (Å²) in [6.07, 6.45) is 2.95. The second-order valence-corrected chi connectivity index (χ2v) is 5.09. The fourth-order valence-corrected chi connectivity index (χ4v) is 2.48. The monoisotopic (exact) mass is 274 g/mol. The van der Waals surface area contributed by atoms with E-state index in [2.05, 4.69) is 36.6 Å². The molecule has 0 amide bonds. The van der Waals surface area contributed by atoms with Crippen LogP contribution >= 0.6 is 11.8 Å². The van der Waals surface area contributed by atoms with Crippen molar-refractivity contribution in [2.24, 2.45) is 0 Å². The Bertz CT molecular complexity index is 552. The third-order valence-electron chi connectivity index (χ3n) is 3.02. The molecule has 0 aliphatic carbocycles. The van der Waals surface area contributed by atoms with Crippen LogP contribution in [0.4, 0.5) is 0 Å². The van der Waals surface area contributed by atoms with Gasteiger partial charge in [-0.2, -0.15) is 0 Å².